The quantitative estimate of drug-likeness (QED) is 0.539. The van der Waals surface area contributed by atoms with Gasteiger partial charge in [0.25, 0.3) is 11.6 Å². The standard InChI is InChI=1S/C16H20N4O3S2/c1-4-17-10(2)8-18-15(21)12-5-6-14(13(7-12)20(22)23)25-16-19-11(3)9-24-16/h5-7,9-10,17H,4,8H2,1-3H3,(H,18,21)/t10-/m1/s1. The van der Waals surface area contributed by atoms with Gasteiger partial charge in [0, 0.05) is 35.3 Å². The molecule has 2 rings (SSSR count). The highest BCUT2D eigenvalue weighted by Gasteiger charge is 2.19. The van der Waals surface area contributed by atoms with Gasteiger partial charge in [-0.15, -0.1) is 11.3 Å². The number of rotatable bonds is 8. The van der Waals surface area contributed by atoms with Crippen molar-refractivity contribution >= 4 is 34.7 Å². The lowest BCUT2D eigenvalue weighted by molar-refractivity contribution is -0.387. The molecule has 0 spiro atoms. The van der Waals surface area contributed by atoms with Crippen LogP contribution in [-0.2, 0) is 0 Å². The van der Waals surface area contributed by atoms with E-state index in [0.29, 0.717) is 11.4 Å². The highest BCUT2D eigenvalue weighted by Crippen LogP contribution is 2.36. The SMILES string of the molecule is CCN[C@H](C)CNC(=O)c1ccc(Sc2nc(C)cs2)c([N+](=O)[O-])c1. The Morgan fingerprint density at radius 2 is 2.24 bits per heavy atom. The molecule has 2 N–H and O–H groups in total. The molecule has 2 aromatic rings. The first-order valence-corrected chi connectivity index (χ1v) is 9.50. The van der Waals surface area contributed by atoms with Crippen molar-refractivity contribution < 1.29 is 9.72 Å². The second kappa shape index (κ2) is 8.93. The molecule has 0 saturated heterocycles. The van der Waals surface area contributed by atoms with Crippen molar-refractivity contribution in [2.45, 2.75) is 36.0 Å². The third-order valence-electron chi connectivity index (χ3n) is 3.33. The van der Waals surface area contributed by atoms with Crippen LogP contribution in [0, 0.1) is 17.0 Å². The predicted octanol–water partition coefficient (Wildman–Crippen LogP) is 3.24. The lowest BCUT2D eigenvalue weighted by Crippen LogP contribution is -2.38. The van der Waals surface area contributed by atoms with Crippen molar-refractivity contribution in [3.8, 4) is 0 Å². The summed E-state index contributed by atoms with van der Waals surface area (Å²) in [5.74, 6) is -0.325. The van der Waals surface area contributed by atoms with Crippen LogP contribution in [0.15, 0.2) is 32.8 Å². The maximum Gasteiger partial charge on any atom is 0.284 e. The molecular formula is C16H20N4O3S2. The van der Waals surface area contributed by atoms with Crippen molar-refractivity contribution in [1.82, 2.24) is 15.6 Å². The minimum atomic E-state index is -0.471. The number of carbonyl (C=O) groups is 1. The Morgan fingerprint density at radius 3 is 2.84 bits per heavy atom. The molecule has 1 atom stereocenters. The van der Waals surface area contributed by atoms with Crippen molar-refractivity contribution in [3.05, 3.63) is 45.0 Å². The van der Waals surface area contributed by atoms with Crippen molar-refractivity contribution in [2.24, 2.45) is 0 Å². The van der Waals surface area contributed by atoms with Crippen LogP contribution < -0.4 is 10.6 Å². The smallest absolute Gasteiger partial charge is 0.284 e. The Hall–Kier alpha value is -1.97. The molecule has 0 aliphatic carbocycles. The Bertz CT molecular complexity index is 764. The zero-order chi connectivity index (χ0) is 18.4. The molecule has 0 fully saturated rings. The van der Waals surface area contributed by atoms with Crippen LogP contribution in [-0.4, -0.2) is 34.9 Å². The van der Waals surface area contributed by atoms with E-state index in [0.717, 1.165) is 16.6 Å². The predicted molar refractivity (Wildman–Crippen MR) is 99.5 cm³/mol. The maximum atomic E-state index is 12.2. The van der Waals surface area contributed by atoms with E-state index in [2.05, 4.69) is 15.6 Å². The molecule has 7 nitrogen and oxygen atoms in total. The zero-order valence-corrected chi connectivity index (χ0v) is 15.9. The fourth-order valence-electron chi connectivity index (χ4n) is 2.13. The Morgan fingerprint density at radius 1 is 1.48 bits per heavy atom. The van der Waals surface area contributed by atoms with E-state index < -0.39 is 4.92 Å². The van der Waals surface area contributed by atoms with Crippen molar-refractivity contribution in [2.75, 3.05) is 13.1 Å². The van der Waals surface area contributed by atoms with Crippen LogP contribution in [0.2, 0.25) is 0 Å². The number of nitrogens with one attached hydrogen (secondary N) is 2. The average molecular weight is 380 g/mol. The van der Waals surface area contributed by atoms with Gasteiger partial charge in [-0.1, -0.05) is 18.7 Å². The molecule has 25 heavy (non-hydrogen) atoms. The van der Waals surface area contributed by atoms with Gasteiger partial charge in [0.15, 0.2) is 4.34 Å². The Kier molecular flexibility index (Phi) is 6.91. The monoisotopic (exact) mass is 380 g/mol. The van der Waals surface area contributed by atoms with E-state index in [4.69, 9.17) is 0 Å². The Balaban J connectivity index is 2.14. The summed E-state index contributed by atoms with van der Waals surface area (Å²) < 4.78 is 0.734. The molecule has 0 aliphatic heterocycles. The second-order valence-electron chi connectivity index (χ2n) is 5.47. The normalized spacial score (nSPS) is 12.0. The molecule has 0 unspecified atom stereocenters. The van der Waals surface area contributed by atoms with Gasteiger partial charge in [-0.05, 0) is 32.5 Å². The van der Waals surface area contributed by atoms with Gasteiger partial charge in [0.2, 0.25) is 0 Å². The lowest BCUT2D eigenvalue weighted by Gasteiger charge is -2.13. The fraction of sp³-hybridized carbons (Fsp3) is 0.375. The van der Waals surface area contributed by atoms with E-state index in [1.807, 2.05) is 26.2 Å². The number of aromatic nitrogens is 1. The number of likely N-dealkylation sites (N-methyl/N-ethyl adjacent to an activating group) is 1. The van der Waals surface area contributed by atoms with Crippen LogP contribution in [0.3, 0.4) is 0 Å². The van der Waals surface area contributed by atoms with Gasteiger partial charge in [-0.25, -0.2) is 4.98 Å². The first-order valence-electron chi connectivity index (χ1n) is 7.80. The van der Waals surface area contributed by atoms with Crippen LogP contribution >= 0.6 is 23.1 Å². The van der Waals surface area contributed by atoms with Gasteiger partial charge < -0.3 is 10.6 Å². The summed E-state index contributed by atoms with van der Waals surface area (Å²) in [5.41, 5.74) is 1.06. The first-order chi connectivity index (χ1) is 11.9. The summed E-state index contributed by atoms with van der Waals surface area (Å²) in [6, 6.07) is 4.65. The topological polar surface area (TPSA) is 97.2 Å². The number of hydrogen-bond donors (Lipinski definition) is 2. The van der Waals surface area contributed by atoms with Gasteiger partial charge in [-0.2, -0.15) is 0 Å². The van der Waals surface area contributed by atoms with Crippen LogP contribution in [0.1, 0.15) is 29.9 Å². The summed E-state index contributed by atoms with van der Waals surface area (Å²) in [5, 5.41) is 19.2. The number of thiazole rings is 1. The molecule has 1 aromatic heterocycles. The number of amides is 1. The first kappa shape index (κ1) is 19.4. The lowest BCUT2D eigenvalue weighted by atomic mass is 10.2. The third kappa shape index (κ3) is 5.52. The number of benzene rings is 1. The summed E-state index contributed by atoms with van der Waals surface area (Å²) in [6.07, 6.45) is 0. The molecule has 1 aromatic carbocycles. The summed E-state index contributed by atoms with van der Waals surface area (Å²) in [7, 11) is 0. The van der Waals surface area contributed by atoms with Gasteiger partial charge >= 0.3 is 0 Å². The molecule has 1 heterocycles. The fourth-order valence-corrected chi connectivity index (χ4v) is 4.01. The Labute approximate surface area is 154 Å². The average Bonchev–Trinajstić information content (AvgIpc) is 2.98. The number of nitro groups is 1. The van der Waals surface area contributed by atoms with Crippen molar-refractivity contribution in [3.63, 3.8) is 0 Å². The zero-order valence-electron chi connectivity index (χ0n) is 14.2. The molecule has 134 valence electrons. The van der Waals surface area contributed by atoms with E-state index in [1.165, 1.54) is 29.2 Å². The highest BCUT2D eigenvalue weighted by molar-refractivity contribution is 8.01. The highest BCUT2D eigenvalue weighted by atomic mass is 32.2. The van der Waals surface area contributed by atoms with E-state index in [-0.39, 0.29) is 23.2 Å². The minimum absolute atomic E-state index is 0.0924. The molecule has 9 heteroatoms. The van der Waals surface area contributed by atoms with Gasteiger partial charge in [0.05, 0.1) is 9.82 Å². The van der Waals surface area contributed by atoms with Crippen LogP contribution in [0.25, 0.3) is 0 Å². The molecule has 1 amide bonds. The van der Waals surface area contributed by atoms with Crippen LogP contribution in [0.4, 0.5) is 5.69 Å². The van der Waals surface area contributed by atoms with Crippen molar-refractivity contribution in [1.29, 1.82) is 0 Å². The molecule has 0 saturated carbocycles. The number of carbonyl (C=O) groups excluding carboxylic acids is 1. The molecular weight excluding hydrogens is 360 g/mol. The number of nitrogens with zero attached hydrogens (tertiary/aromatic N) is 2. The van der Waals surface area contributed by atoms with Gasteiger partial charge in [-0.3, -0.25) is 14.9 Å². The summed E-state index contributed by atoms with van der Waals surface area (Å²) in [4.78, 5) is 27.9. The van der Waals surface area contributed by atoms with E-state index in [1.54, 1.807) is 12.1 Å². The maximum absolute atomic E-state index is 12.2. The number of aryl methyl sites for hydroxylation is 1. The molecule has 0 bridgehead atoms. The number of nitro benzene ring substituents is 1. The van der Waals surface area contributed by atoms with Crippen LogP contribution in [0.5, 0.6) is 0 Å². The summed E-state index contributed by atoms with van der Waals surface area (Å²) in [6.45, 7) is 7.08. The minimum Gasteiger partial charge on any atom is -0.350 e. The number of hydrogen-bond acceptors (Lipinski definition) is 7. The van der Waals surface area contributed by atoms with E-state index in [9.17, 15) is 14.9 Å². The summed E-state index contributed by atoms with van der Waals surface area (Å²) >= 11 is 2.67. The largest absolute Gasteiger partial charge is 0.350 e. The van der Waals surface area contributed by atoms with E-state index >= 15 is 0 Å². The van der Waals surface area contributed by atoms with Gasteiger partial charge in [0.1, 0.15) is 0 Å². The molecule has 0 aliphatic rings. The second-order valence-corrected chi connectivity index (χ2v) is 7.61. The molecule has 0 radical (unpaired) electrons. The third-order valence-corrected chi connectivity index (χ3v) is 5.46.